The minimum atomic E-state index is -4.41. The van der Waals surface area contributed by atoms with E-state index in [1.807, 2.05) is 0 Å². The Hall–Kier alpha value is -3.22. The molecule has 0 radical (unpaired) electrons. The van der Waals surface area contributed by atoms with Crippen molar-refractivity contribution in [2.24, 2.45) is 22.1 Å². The van der Waals surface area contributed by atoms with E-state index in [9.17, 15) is 18.0 Å². The summed E-state index contributed by atoms with van der Waals surface area (Å²) in [6, 6.07) is 4.82. The van der Waals surface area contributed by atoms with Crippen LogP contribution >= 0.6 is 11.9 Å². The first-order chi connectivity index (χ1) is 18.7. The average Bonchev–Trinajstić information content (AvgIpc) is 3.46. The van der Waals surface area contributed by atoms with Crippen molar-refractivity contribution >= 4 is 29.9 Å². The lowest BCUT2D eigenvalue weighted by molar-refractivity contribution is -0.219. The summed E-state index contributed by atoms with van der Waals surface area (Å²) in [5, 5.41) is 4.29. The van der Waals surface area contributed by atoms with Gasteiger partial charge in [0.1, 0.15) is 12.4 Å². The summed E-state index contributed by atoms with van der Waals surface area (Å²) >= 11 is 1.11. The number of carbonyl (C=O) groups is 1. The maximum absolute atomic E-state index is 13.4. The SMILES string of the molecule is C/C(N)=C1/C=NCCCC2CN(c3nc(-n4ccc(OCC(C)(C)C(F)(F)F)n4)ccc3C(=O)NS1)C(C)(C)C2. The number of aromatic nitrogens is 3. The number of allylic oxidation sites excluding steroid dienone is 2. The van der Waals surface area contributed by atoms with E-state index in [1.165, 1.54) is 10.7 Å². The molecule has 1 atom stereocenters. The Morgan fingerprint density at radius 2 is 2.02 bits per heavy atom. The fraction of sp³-hybridized carbons (Fsp3) is 0.556. The molecule has 13 heteroatoms. The van der Waals surface area contributed by atoms with E-state index in [-0.39, 0.29) is 17.3 Å². The molecule has 2 aliphatic rings. The summed E-state index contributed by atoms with van der Waals surface area (Å²) < 4.78 is 49.4. The molecule has 1 fully saturated rings. The van der Waals surface area contributed by atoms with E-state index in [1.54, 1.807) is 31.5 Å². The molecule has 218 valence electrons. The van der Waals surface area contributed by atoms with Crippen LogP contribution in [0.5, 0.6) is 5.88 Å². The second-order valence-corrected chi connectivity index (χ2v) is 12.4. The average molecular weight is 580 g/mol. The van der Waals surface area contributed by atoms with E-state index >= 15 is 0 Å². The van der Waals surface area contributed by atoms with Crippen molar-refractivity contribution in [1.29, 1.82) is 0 Å². The number of nitrogens with two attached hydrogens (primary N) is 1. The van der Waals surface area contributed by atoms with E-state index < -0.39 is 18.2 Å². The molecule has 3 N–H and O–H groups in total. The highest BCUT2D eigenvalue weighted by Crippen LogP contribution is 2.40. The number of nitrogens with one attached hydrogen (secondary N) is 1. The van der Waals surface area contributed by atoms with Crippen molar-refractivity contribution in [2.75, 3.05) is 24.6 Å². The minimum absolute atomic E-state index is 0.0491. The monoisotopic (exact) mass is 579 g/mol. The molecule has 1 unspecified atom stereocenters. The molecule has 1 amide bonds. The largest absolute Gasteiger partial charge is 0.476 e. The van der Waals surface area contributed by atoms with Gasteiger partial charge in [-0.25, -0.2) is 9.67 Å². The molecular weight excluding hydrogens is 543 g/mol. The molecule has 0 aromatic carbocycles. The van der Waals surface area contributed by atoms with Crippen LogP contribution in [0.4, 0.5) is 19.0 Å². The molecule has 1 saturated heterocycles. The number of nitrogens with zero attached hydrogens (tertiary/aromatic N) is 5. The molecule has 2 aliphatic heterocycles. The number of halogens is 3. The summed E-state index contributed by atoms with van der Waals surface area (Å²) in [5.41, 5.74) is 4.66. The summed E-state index contributed by atoms with van der Waals surface area (Å²) in [6.45, 7) is 9.01. The quantitative estimate of drug-likeness (QED) is 0.475. The Morgan fingerprint density at radius 1 is 1.27 bits per heavy atom. The number of rotatable bonds is 4. The van der Waals surface area contributed by atoms with Crippen LogP contribution in [0, 0.1) is 11.3 Å². The molecule has 0 saturated carbocycles. The Labute approximate surface area is 236 Å². The number of alkyl halides is 3. The summed E-state index contributed by atoms with van der Waals surface area (Å²) in [7, 11) is 0. The summed E-state index contributed by atoms with van der Waals surface area (Å²) in [5.74, 6) is 1.04. The smallest absolute Gasteiger partial charge is 0.397 e. The molecule has 0 spiro atoms. The molecule has 4 heterocycles. The van der Waals surface area contributed by atoms with Crippen LogP contribution in [0.3, 0.4) is 0 Å². The number of hydrogen-bond acceptors (Lipinski definition) is 8. The molecule has 2 bridgehead atoms. The van der Waals surface area contributed by atoms with E-state index in [0.29, 0.717) is 40.3 Å². The van der Waals surface area contributed by atoms with Gasteiger partial charge in [0.15, 0.2) is 5.82 Å². The number of hydrogen-bond donors (Lipinski definition) is 2. The molecule has 2 aromatic rings. The minimum Gasteiger partial charge on any atom is -0.476 e. The molecular formula is C27H36F3N7O2S. The van der Waals surface area contributed by atoms with E-state index in [0.717, 1.165) is 51.6 Å². The van der Waals surface area contributed by atoms with Crippen LogP contribution in [-0.2, 0) is 0 Å². The van der Waals surface area contributed by atoms with Gasteiger partial charge in [0.25, 0.3) is 5.91 Å². The number of anilines is 1. The van der Waals surface area contributed by atoms with Gasteiger partial charge < -0.3 is 15.4 Å². The molecule has 40 heavy (non-hydrogen) atoms. The second kappa shape index (κ2) is 11.3. The maximum atomic E-state index is 13.4. The third kappa shape index (κ3) is 6.56. The molecule has 4 rings (SSSR count). The van der Waals surface area contributed by atoms with Crippen molar-refractivity contribution in [3.05, 3.63) is 40.6 Å². The third-order valence-electron chi connectivity index (χ3n) is 7.22. The summed E-state index contributed by atoms with van der Waals surface area (Å²) in [4.78, 5) is 25.6. The maximum Gasteiger partial charge on any atom is 0.397 e. The van der Waals surface area contributed by atoms with Gasteiger partial charge >= 0.3 is 6.18 Å². The zero-order chi connectivity index (χ0) is 29.3. The van der Waals surface area contributed by atoms with Crippen molar-refractivity contribution in [3.8, 4) is 11.7 Å². The number of aliphatic imine (C=N–C) groups is 1. The van der Waals surface area contributed by atoms with Crippen LogP contribution in [0.1, 0.15) is 64.2 Å². The second-order valence-electron chi connectivity index (χ2n) is 11.6. The third-order valence-corrected chi connectivity index (χ3v) is 8.15. The fourth-order valence-electron chi connectivity index (χ4n) is 4.73. The van der Waals surface area contributed by atoms with Gasteiger partial charge in [0.05, 0.1) is 15.9 Å². The lowest BCUT2D eigenvalue weighted by atomic mass is 9.93. The van der Waals surface area contributed by atoms with E-state index in [2.05, 4.69) is 33.6 Å². The first-order valence-corrected chi connectivity index (χ1v) is 14.0. The first kappa shape index (κ1) is 29.8. The summed E-state index contributed by atoms with van der Waals surface area (Å²) in [6.07, 6.45) is 1.71. The molecule has 9 nitrogen and oxygen atoms in total. The first-order valence-electron chi connectivity index (χ1n) is 13.2. The van der Waals surface area contributed by atoms with Gasteiger partial charge in [-0.05, 0) is 83.9 Å². The highest BCUT2D eigenvalue weighted by Gasteiger charge is 2.48. The molecule has 0 aliphatic carbocycles. The van der Waals surface area contributed by atoms with Crippen molar-refractivity contribution in [1.82, 2.24) is 19.5 Å². The Kier molecular flexibility index (Phi) is 8.44. The van der Waals surface area contributed by atoms with Crippen LogP contribution in [0.2, 0.25) is 0 Å². The van der Waals surface area contributed by atoms with Gasteiger partial charge in [0, 0.05) is 42.8 Å². The highest BCUT2D eigenvalue weighted by molar-refractivity contribution is 8.02. The highest BCUT2D eigenvalue weighted by atomic mass is 32.2. The van der Waals surface area contributed by atoms with E-state index in [4.69, 9.17) is 15.5 Å². The predicted octanol–water partition coefficient (Wildman–Crippen LogP) is 5.27. The van der Waals surface area contributed by atoms with Crippen molar-refractivity contribution in [2.45, 2.75) is 65.6 Å². The van der Waals surface area contributed by atoms with Gasteiger partial charge in [-0.3, -0.25) is 14.5 Å². The number of ether oxygens (including phenoxy) is 1. The fourth-order valence-corrected chi connectivity index (χ4v) is 5.33. The van der Waals surface area contributed by atoms with Crippen LogP contribution in [-0.4, -0.2) is 58.3 Å². The number of fused-ring (bicyclic) bond motifs is 4. The van der Waals surface area contributed by atoms with Gasteiger partial charge in [-0.2, -0.15) is 13.2 Å². The Morgan fingerprint density at radius 3 is 2.73 bits per heavy atom. The van der Waals surface area contributed by atoms with Crippen LogP contribution < -0.4 is 20.1 Å². The molecule has 2 aromatic heterocycles. The number of amides is 1. The van der Waals surface area contributed by atoms with Crippen molar-refractivity contribution in [3.63, 3.8) is 0 Å². The zero-order valence-corrected chi connectivity index (χ0v) is 24.2. The number of pyridine rings is 1. The normalized spacial score (nSPS) is 21.4. The zero-order valence-electron chi connectivity index (χ0n) is 23.4. The van der Waals surface area contributed by atoms with Crippen molar-refractivity contribution < 1.29 is 22.7 Å². The number of carbonyl (C=O) groups excluding carboxylic acids is 1. The Bertz CT molecular complexity index is 1300. The topological polar surface area (TPSA) is 111 Å². The van der Waals surface area contributed by atoms with Gasteiger partial charge in [-0.15, -0.1) is 5.10 Å². The van der Waals surface area contributed by atoms with Gasteiger partial charge in [0.2, 0.25) is 5.88 Å². The van der Waals surface area contributed by atoms with Crippen LogP contribution in [0.15, 0.2) is 40.0 Å². The predicted molar refractivity (Wildman–Crippen MR) is 151 cm³/mol. The Balaban J connectivity index is 1.67. The lowest BCUT2D eigenvalue weighted by Gasteiger charge is -2.34. The van der Waals surface area contributed by atoms with Crippen LogP contribution in [0.25, 0.3) is 5.82 Å². The standard InChI is InChI=1S/C27H36F3N7O2S/c1-17(31)20-14-32-11-6-7-18-13-26(4,5)36(15-18)23-19(24(38)35-40-20)8-9-21(33-23)37-12-10-22(34-37)39-16-25(2,3)27(28,29)30/h8-10,12,14,18H,6-7,11,13,15-16,31H2,1-5H3,(H,35,38)/b20-17+,32-14?. The van der Waals surface area contributed by atoms with Gasteiger partial charge in [-0.1, -0.05) is 0 Å². The lowest BCUT2D eigenvalue weighted by Crippen LogP contribution is -2.40.